The molecule has 1 aliphatic rings. The first-order valence-electron chi connectivity index (χ1n) is 9.75. The molecule has 144 valence electrons. The van der Waals surface area contributed by atoms with Gasteiger partial charge in [0.05, 0.1) is 5.37 Å². The highest BCUT2D eigenvalue weighted by atomic mass is 32.2. The number of hydrogen-bond donors (Lipinski definition) is 1. The summed E-state index contributed by atoms with van der Waals surface area (Å²) in [6.45, 7) is 9.04. The maximum atomic E-state index is 13.2. The Bertz CT molecular complexity index is 618. The molecule has 1 aromatic rings. The second-order valence-corrected chi connectivity index (χ2v) is 8.51. The average molecular weight is 377 g/mol. The van der Waals surface area contributed by atoms with Crippen LogP contribution in [0.4, 0.5) is 0 Å². The SMILES string of the molecule is CCCCCCNC(=O)C1CSC(C(C)C)N1C(=O)c1ccccc1C. The number of benzene rings is 1. The number of rotatable bonds is 8. The van der Waals surface area contributed by atoms with Gasteiger partial charge in [0.1, 0.15) is 6.04 Å². The molecule has 2 amide bonds. The van der Waals surface area contributed by atoms with Crippen molar-refractivity contribution in [2.45, 2.75) is 64.8 Å². The van der Waals surface area contributed by atoms with Crippen LogP contribution in [0.3, 0.4) is 0 Å². The molecule has 0 aliphatic carbocycles. The Morgan fingerprint density at radius 1 is 1.23 bits per heavy atom. The minimum absolute atomic E-state index is 0.0147. The average Bonchev–Trinajstić information content (AvgIpc) is 3.06. The summed E-state index contributed by atoms with van der Waals surface area (Å²) in [6.07, 6.45) is 4.51. The second-order valence-electron chi connectivity index (χ2n) is 7.36. The van der Waals surface area contributed by atoms with Crippen molar-refractivity contribution in [3.63, 3.8) is 0 Å². The third-order valence-corrected chi connectivity index (χ3v) is 6.47. The zero-order chi connectivity index (χ0) is 19.1. The van der Waals surface area contributed by atoms with Crippen molar-refractivity contribution < 1.29 is 9.59 Å². The van der Waals surface area contributed by atoms with Crippen LogP contribution in [0, 0.1) is 12.8 Å². The summed E-state index contributed by atoms with van der Waals surface area (Å²) >= 11 is 1.72. The monoisotopic (exact) mass is 376 g/mol. The fourth-order valence-electron chi connectivity index (χ4n) is 3.33. The van der Waals surface area contributed by atoms with Gasteiger partial charge in [-0.2, -0.15) is 0 Å². The summed E-state index contributed by atoms with van der Waals surface area (Å²) < 4.78 is 0. The van der Waals surface area contributed by atoms with E-state index in [1.54, 1.807) is 11.8 Å². The maximum absolute atomic E-state index is 13.2. The molecule has 1 heterocycles. The lowest BCUT2D eigenvalue weighted by Crippen LogP contribution is -2.51. The predicted octanol–water partition coefficient (Wildman–Crippen LogP) is 4.23. The van der Waals surface area contributed by atoms with Gasteiger partial charge in [-0.15, -0.1) is 11.8 Å². The highest BCUT2D eigenvalue weighted by Crippen LogP contribution is 2.35. The number of hydrogen-bond acceptors (Lipinski definition) is 3. The normalized spacial score (nSPS) is 19.8. The Kier molecular flexibility index (Phi) is 8.01. The van der Waals surface area contributed by atoms with Gasteiger partial charge >= 0.3 is 0 Å². The third kappa shape index (κ3) is 5.03. The lowest BCUT2D eigenvalue weighted by Gasteiger charge is -2.31. The van der Waals surface area contributed by atoms with Crippen molar-refractivity contribution in [2.24, 2.45) is 5.92 Å². The largest absolute Gasteiger partial charge is 0.354 e. The van der Waals surface area contributed by atoms with Crippen LogP contribution in [0.5, 0.6) is 0 Å². The number of nitrogens with one attached hydrogen (secondary N) is 1. The van der Waals surface area contributed by atoms with E-state index in [0.29, 0.717) is 23.8 Å². The quantitative estimate of drug-likeness (QED) is 0.691. The number of nitrogens with zero attached hydrogens (tertiary/aromatic N) is 1. The molecule has 0 aromatic heterocycles. The van der Waals surface area contributed by atoms with Crippen molar-refractivity contribution in [3.05, 3.63) is 35.4 Å². The van der Waals surface area contributed by atoms with Gasteiger partial charge in [0.15, 0.2) is 0 Å². The lowest BCUT2D eigenvalue weighted by molar-refractivity contribution is -0.124. The molecule has 1 N–H and O–H groups in total. The van der Waals surface area contributed by atoms with Gasteiger partial charge in [-0.25, -0.2) is 0 Å². The van der Waals surface area contributed by atoms with E-state index in [0.717, 1.165) is 18.4 Å². The van der Waals surface area contributed by atoms with E-state index in [2.05, 4.69) is 26.1 Å². The molecular weight excluding hydrogens is 344 g/mol. The third-order valence-electron chi connectivity index (χ3n) is 4.85. The number of carbonyl (C=O) groups is 2. The Morgan fingerprint density at radius 2 is 1.96 bits per heavy atom. The van der Waals surface area contributed by atoms with E-state index in [-0.39, 0.29) is 23.2 Å². The molecule has 0 radical (unpaired) electrons. The molecule has 4 nitrogen and oxygen atoms in total. The second kappa shape index (κ2) is 10.0. The molecular formula is C21H32N2O2S. The lowest BCUT2D eigenvalue weighted by atomic mass is 10.0. The first-order chi connectivity index (χ1) is 12.5. The van der Waals surface area contributed by atoms with Crippen LogP contribution >= 0.6 is 11.8 Å². The van der Waals surface area contributed by atoms with Gasteiger partial charge in [-0.3, -0.25) is 9.59 Å². The van der Waals surface area contributed by atoms with Crippen LogP contribution in [0.15, 0.2) is 24.3 Å². The summed E-state index contributed by atoms with van der Waals surface area (Å²) in [5.74, 6) is 0.925. The van der Waals surface area contributed by atoms with Crippen LogP contribution in [0.2, 0.25) is 0 Å². The van der Waals surface area contributed by atoms with Crippen molar-refractivity contribution >= 4 is 23.6 Å². The fourth-order valence-corrected chi connectivity index (χ4v) is 4.81. The summed E-state index contributed by atoms with van der Waals surface area (Å²) in [5.41, 5.74) is 1.65. The van der Waals surface area contributed by atoms with Gasteiger partial charge in [-0.1, -0.05) is 58.2 Å². The Morgan fingerprint density at radius 3 is 2.62 bits per heavy atom. The predicted molar refractivity (Wildman–Crippen MR) is 109 cm³/mol. The van der Waals surface area contributed by atoms with Crippen molar-refractivity contribution in [1.29, 1.82) is 0 Å². The molecule has 1 saturated heterocycles. The molecule has 1 aromatic carbocycles. The number of thioether (sulfide) groups is 1. The van der Waals surface area contributed by atoms with Gasteiger partial charge in [0.2, 0.25) is 5.91 Å². The maximum Gasteiger partial charge on any atom is 0.255 e. The number of amides is 2. The van der Waals surface area contributed by atoms with Gasteiger partial charge in [0, 0.05) is 17.9 Å². The molecule has 0 spiro atoms. The standard InChI is InChI=1S/C21H32N2O2S/c1-5-6-7-10-13-22-19(24)18-14-26-21(15(2)3)23(18)20(25)17-12-9-8-11-16(17)4/h8-9,11-12,15,18,21H,5-7,10,13-14H2,1-4H3,(H,22,24). The molecule has 0 bridgehead atoms. The van der Waals surface area contributed by atoms with Crippen molar-refractivity contribution in [3.8, 4) is 0 Å². The highest BCUT2D eigenvalue weighted by Gasteiger charge is 2.43. The highest BCUT2D eigenvalue weighted by molar-refractivity contribution is 8.00. The smallest absolute Gasteiger partial charge is 0.255 e. The van der Waals surface area contributed by atoms with Gasteiger partial charge in [0.25, 0.3) is 5.91 Å². The Balaban J connectivity index is 2.11. The topological polar surface area (TPSA) is 49.4 Å². The van der Waals surface area contributed by atoms with Crippen molar-refractivity contribution in [1.82, 2.24) is 10.2 Å². The van der Waals surface area contributed by atoms with Crippen LogP contribution in [0.25, 0.3) is 0 Å². The van der Waals surface area contributed by atoms with E-state index in [1.807, 2.05) is 36.1 Å². The Labute approximate surface area is 162 Å². The Hall–Kier alpha value is -1.49. The molecule has 1 fully saturated rings. The minimum Gasteiger partial charge on any atom is -0.354 e. The zero-order valence-electron chi connectivity index (χ0n) is 16.5. The van der Waals surface area contributed by atoms with Crippen LogP contribution in [-0.2, 0) is 4.79 Å². The molecule has 26 heavy (non-hydrogen) atoms. The summed E-state index contributed by atoms with van der Waals surface area (Å²) in [7, 11) is 0. The van der Waals surface area contributed by atoms with Crippen LogP contribution < -0.4 is 5.32 Å². The summed E-state index contributed by atoms with van der Waals surface area (Å²) in [6, 6.07) is 7.24. The van der Waals surface area contributed by atoms with E-state index in [9.17, 15) is 9.59 Å². The van der Waals surface area contributed by atoms with Crippen LogP contribution in [-0.4, -0.2) is 40.4 Å². The molecule has 1 aliphatic heterocycles. The van der Waals surface area contributed by atoms with E-state index >= 15 is 0 Å². The molecule has 0 saturated carbocycles. The zero-order valence-corrected chi connectivity index (χ0v) is 17.3. The van der Waals surface area contributed by atoms with Gasteiger partial charge < -0.3 is 10.2 Å². The molecule has 2 rings (SSSR count). The number of aryl methyl sites for hydroxylation is 1. The number of carbonyl (C=O) groups excluding carboxylic acids is 2. The summed E-state index contributed by atoms with van der Waals surface area (Å²) in [5, 5.41) is 3.09. The minimum atomic E-state index is -0.384. The van der Waals surface area contributed by atoms with E-state index in [4.69, 9.17) is 0 Å². The van der Waals surface area contributed by atoms with Crippen molar-refractivity contribution in [2.75, 3.05) is 12.3 Å². The van der Waals surface area contributed by atoms with E-state index < -0.39 is 0 Å². The van der Waals surface area contributed by atoms with Gasteiger partial charge in [-0.05, 0) is 30.9 Å². The number of unbranched alkanes of at least 4 members (excludes halogenated alkanes) is 3. The molecule has 2 atom stereocenters. The van der Waals surface area contributed by atoms with Crippen LogP contribution in [0.1, 0.15) is 62.4 Å². The molecule has 2 unspecified atom stereocenters. The molecule has 5 heteroatoms. The first kappa shape index (κ1) is 20.8. The first-order valence-corrected chi connectivity index (χ1v) is 10.8. The fraction of sp³-hybridized carbons (Fsp3) is 0.619. The summed E-state index contributed by atoms with van der Waals surface area (Å²) in [4.78, 5) is 27.8. The van der Waals surface area contributed by atoms with E-state index in [1.165, 1.54) is 12.8 Å².